The molecule has 28 heavy (non-hydrogen) atoms. The number of alkyl halides is 3. The van der Waals surface area contributed by atoms with Crippen molar-refractivity contribution in [2.24, 2.45) is 0 Å². The van der Waals surface area contributed by atoms with E-state index in [1.807, 2.05) is 24.3 Å². The first-order valence-electron chi connectivity index (χ1n) is 8.84. The van der Waals surface area contributed by atoms with Crippen molar-refractivity contribution < 1.29 is 23.0 Å². The lowest BCUT2D eigenvalue weighted by atomic mass is 10.2. The fourth-order valence-corrected chi connectivity index (χ4v) is 2.64. The van der Waals surface area contributed by atoms with Crippen molar-refractivity contribution in [2.75, 3.05) is 25.4 Å². The fraction of sp³-hybridized carbons (Fsp3) is 0.350. The van der Waals surface area contributed by atoms with Crippen LogP contribution in [-0.2, 0) is 12.8 Å². The highest BCUT2D eigenvalue weighted by molar-refractivity contribution is 5.40. The molecule has 2 heterocycles. The Balaban J connectivity index is 0.000000221. The van der Waals surface area contributed by atoms with Gasteiger partial charge in [0.2, 0.25) is 0 Å². The molecular weight excluding hydrogens is 371 g/mol. The average molecular weight is 395 g/mol. The van der Waals surface area contributed by atoms with Crippen molar-refractivity contribution in [1.29, 1.82) is 0 Å². The second-order valence-corrected chi connectivity index (χ2v) is 6.29. The molecule has 1 saturated heterocycles. The fourth-order valence-electron chi connectivity index (χ4n) is 2.64. The van der Waals surface area contributed by atoms with Gasteiger partial charge in [-0.1, -0.05) is 18.7 Å². The number of nitrogens with two attached hydrogens (primary N) is 1. The summed E-state index contributed by atoms with van der Waals surface area (Å²) in [6.45, 7) is 6.86. The number of aliphatic hydroxyl groups is 1. The van der Waals surface area contributed by atoms with Crippen LogP contribution in [0, 0.1) is 0 Å². The summed E-state index contributed by atoms with van der Waals surface area (Å²) < 4.78 is 41.4. The number of hydrogen-bond donors (Lipinski definition) is 2. The molecule has 0 saturated carbocycles. The number of nitrogen functional groups attached to an aromatic ring is 1. The van der Waals surface area contributed by atoms with E-state index in [9.17, 15) is 13.2 Å². The normalized spacial score (nSPS) is 13.6. The van der Waals surface area contributed by atoms with Crippen LogP contribution in [0.5, 0.6) is 5.75 Å². The molecule has 5 nitrogen and oxygen atoms in total. The quantitative estimate of drug-likeness (QED) is 0.805. The summed E-state index contributed by atoms with van der Waals surface area (Å²) in [6.07, 6.45) is -0.683. The number of hydrogen-bond acceptors (Lipinski definition) is 5. The van der Waals surface area contributed by atoms with Gasteiger partial charge in [0.1, 0.15) is 18.2 Å². The van der Waals surface area contributed by atoms with Gasteiger partial charge in [-0.3, -0.25) is 0 Å². The van der Waals surface area contributed by atoms with Gasteiger partial charge in [-0.2, -0.15) is 13.2 Å². The number of benzene rings is 1. The lowest BCUT2D eigenvalue weighted by Crippen LogP contribution is -2.22. The van der Waals surface area contributed by atoms with Crippen LogP contribution in [-0.4, -0.2) is 34.7 Å². The van der Waals surface area contributed by atoms with Crippen molar-refractivity contribution in [3.05, 3.63) is 66.0 Å². The van der Waals surface area contributed by atoms with Gasteiger partial charge in [-0.05, 0) is 42.7 Å². The Morgan fingerprint density at radius 3 is 2.32 bits per heavy atom. The van der Waals surface area contributed by atoms with E-state index >= 15 is 0 Å². The van der Waals surface area contributed by atoms with E-state index in [1.54, 1.807) is 0 Å². The number of nitrogens with zero attached hydrogens (tertiary/aromatic N) is 2. The standard InChI is InChI=1S/C14H19NO2.C6H5F3N2/c1-12(15-8-2-3-9-15)11-17-14-6-4-13(10-16)5-7-14;7-6(8,9)4-2-1-3-11-5(4)10/h4-7,16H,1-3,8-11H2;1-3H,(H2,10,11). The van der Waals surface area contributed by atoms with Crippen LogP contribution in [0.1, 0.15) is 24.0 Å². The summed E-state index contributed by atoms with van der Waals surface area (Å²) in [5, 5.41) is 8.93. The maximum Gasteiger partial charge on any atom is 0.419 e. The Labute approximate surface area is 162 Å². The number of likely N-dealkylation sites (tertiary alicyclic amines) is 1. The Kier molecular flexibility index (Phi) is 7.69. The van der Waals surface area contributed by atoms with E-state index in [0.29, 0.717) is 6.61 Å². The Bertz CT molecular complexity index is 758. The van der Waals surface area contributed by atoms with Crippen molar-refractivity contribution in [3.8, 4) is 5.75 Å². The molecular formula is C20H24F3N3O2. The molecule has 0 bridgehead atoms. The molecule has 8 heteroatoms. The van der Waals surface area contributed by atoms with Crippen molar-refractivity contribution >= 4 is 5.82 Å². The third-order valence-electron chi connectivity index (χ3n) is 4.21. The van der Waals surface area contributed by atoms with Crippen LogP contribution in [0.15, 0.2) is 54.9 Å². The zero-order valence-corrected chi connectivity index (χ0v) is 15.5. The van der Waals surface area contributed by atoms with Gasteiger partial charge in [0.25, 0.3) is 0 Å². The van der Waals surface area contributed by atoms with E-state index in [2.05, 4.69) is 16.5 Å². The first-order valence-corrected chi connectivity index (χ1v) is 8.84. The topological polar surface area (TPSA) is 71.6 Å². The minimum atomic E-state index is -4.40. The van der Waals surface area contributed by atoms with E-state index in [-0.39, 0.29) is 6.61 Å². The Morgan fingerprint density at radius 1 is 1.18 bits per heavy atom. The van der Waals surface area contributed by atoms with Crippen LogP contribution in [0.3, 0.4) is 0 Å². The van der Waals surface area contributed by atoms with Crippen molar-refractivity contribution in [1.82, 2.24) is 9.88 Å². The summed E-state index contributed by atoms with van der Waals surface area (Å²) in [6, 6.07) is 9.58. The van der Waals surface area contributed by atoms with Crippen LogP contribution in [0.4, 0.5) is 19.0 Å². The van der Waals surface area contributed by atoms with Gasteiger partial charge in [0.05, 0.1) is 12.2 Å². The number of ether oxygens (including phenoxy) is 1. The molecule has 2 aromatic rings. The number of halogens is 3. The maximum atomic E-state index is 11.9. The first kappa shape index (κ1) is 21.6. The van der Waals surface area contributed by atoms with Gasteiger partial charge >= 0.3 is 6.18 Å². The molecule has 1 aromatic heterocycles. The predicted molar refractivity (Wildman–Crippen MR) is 101 cm³/mol. The minimum Gasteiger partial charge on any atom is -0.487 e. The van der Waals surface area contributed by atoms with Crippen LogP contribution in [0.25, 0.3) is 0 Å². The van der Waals surface area contributed by atoms with Gasteiger partial charge in [-0.15, -0.1) is 0 Å². The van der Waals surface area contributed by atoms with Crippen LogP contribution >= 0.6 is 0 Å². The summed E-state index contributed by atoms with van der Waals surface area (Å²) in [7, 11) is 0. The predicted octanol–water partition coefficient (Wildman–Crippen LogP) is 3.85. The highest BCUT2D eigenvalue weighted by Crippen LogP contribution is 2.31. The summed E-state index contributed by atoms with van der Waals surface area (Å²) in [5.41, 5.74) is 6.04. The van der Waals surface area contributed by atoms with Crippen molar-refractivity contribution in [3.63, 3.8) is 0 Å². The first-order chi connectivity index (χ1) is 13.3. The summed E-state index contributed by atoms with van der Waals surface area (Å²) in [5.74, 6) is 0.336. The molecule has 3 N–H and O–H groups in total. The molecule has 0 spiro atoms. The number of pyridine rings is 1. The van der Waals surface area contributed by atoms with E-state index < -0.39 is 17.6 Å². The molecule has 0 aliphatic carbocycles. The Hall–Kier alpha value is -2.74. The third-order valence-corrected chi connectivity index (χ3v) is 4.21. The molecule has 1 fully saturated rings. The molecule has 1 aromatic carbocycles. The lowest BCUT2D eigenvalue weighted by Gasteiger charge is -2.20. The lowest BCUT2D eigenvalue weighted by molar-refractivity contribution is -0.137. The molecule has 152 valence electrons. The number of aliphatic hydroxyl groups excluding tert-OH is 1. The maximum absolute atomic E-state index is 11.9. The monoisotopic (exact) mass is 395 g/mol. The Morgan fingerprint density at radius 2 is 1.82 bits per heavy atom. The molecule has 1 aliphatic heterocycles. The van der Waals surface area contributed by atoms with Gasteiger partial charge < -0.3 is 20.5 Å². The van der Waals surface area contributed by atoms with Crippen LogP contribution < -0.4 is 10.5 Å². The number of anilines is 1. The SMILES string of the molecule is C=C(COc1ccc(CO)cc1)N1CCCC1.Nc1ncccc1C(F)(F)F. The molecule has 0 radical (unpaired) electrons. The molecule has 1 aliphatic rings. The third kappa shape index (κ3) is 6.45. The van der Waals surface area contributed by atoms with Crippen LogP contribution in [0.2, 0.25) is 0 Å². The number of rotatable bonds is 5. The van der Waals surface area contributed by atoms with E-state index in [1.165, 1.54) is 25.1 Å². The average Bonchev–Trinajstić information content (AvgIpc) is 3.21. The van der Waals surface area contributed by atoms with E-state index in [0.717, 1.165) is 36.2 Å². The zero-order chi connectivity index (χ0) is 20.6. The highest BCUT2D eigenvalue weighted by Gasteiger charge is 2.33. The molecule has 0 unspecified atom stereocenters. The number of aromatic nitrogens is 1. The van der Waals surface area contributed by atoms with Gasteiger partial charge in [0, 0.05) is 25.0 Å². The van der Waals surface area contributed by atoms with Gasteiger partial charge in [-0.25, -0.2) is 4.98 Å². The molecule has 3 rings (SSSR count). The smallest absolute Gasteiger partial charge is 0.419 e. The highest BCUT2D eigenvalue weighted by atomic mass is 19.4. The second kappa shape index (κ2) is 9.98. The molecule has 0 amide bonds. The summed E-state index contributed by atoms with van der Waals surface area (Å²) >= 11 is 0. The summed E-state index contributed by atoms with van der Waals surface area (Å²) in [4.78, 5) is 5.58. The molecule has 0 atom stereocenters. The minimum absolute atomic E-state index is 0.0702. The van der Waals surface area contributed by atoms with E-state index in [4.69, 9.17) is 15.6 Å². The second-order valence-electron chi connectivity index (χ2n) is 6.29. The largest absolute Gasteiger partial charge is 0.487 e. The van der Waals surface area contributed by atoms with Crippen molar-refractivity contribution in [2.45, 2.75) is 25.6 Å². The van der Waals surface area contributed by atoms with Gasteiger partial charge in [0.15, 0.2) is 0 Å². The zero-order valence-electron chi connectivity index (χ0n) is 15.5.